The molecule has 0 unspecified atom stereocenters. The molecule has 0 saturated carbocycles. The van der Waals surface area contributed by atoms with Crippen LogP contribution in [0.4, 0.5) is 4.79 Å². The molecule has 2 fully saturated rings. The molecule has 2 saturated heterocycles. The molecule has 1 aromatic rings. The number of rotatable bonds is 8. The van der Waals surface area contributed by atoms with Crippen molar-refractivity contribution in [3.63, 3.8) is 0 Å². The summed E-state index contributed by atoms with van der Waals surface area (Å²) >= 11 is 0. The normalized spacial score (nSPS) is 22.6. The van der Waals surface area contributed by atoms with E-state index in [9.17, 15) is 9.59 Å². The first-order valence-electron chi connectivity index (χ1n) is 9.87. The van der Waals surface area contributed by atoms with Crippen LogP contribution >= 0.6 is 0 Å². The van der Waals surface area contributed by atoms with Gasteiger partial charge in [0, 0.05) is 57.4 Å². The van der Waals surface area contributed by atoms with E-state index < -0.39 is 0 Å². The Bertz CT molecular complexity index is 700. The van der Waals surface area contributed by atoms with Crippen molar-refractivity contribution in [2.75, 3.05) is 46.5 Å². The fourth-order valence-electron chi connectivity index (χ4n) is 4.00. The van der Waals surface area contributed by atoms with Gasteiger partial charge in [-0.1, -0.05) is 0 Å². The molecule has 28 heavy (non-hydrogen) atoms. The molecule has 3 amide bonds. The van der Waals surface area contributed by atoms with Crippen molar-refractivity contribution in [1.29, 1.82) is 0 Å². The van der Waals surface area contributed by atoms with Crippen LogP contribution < -0.4 is 5.32 Å². The number of nitrogens with one attached hydrogen (secondary N) is 1. The molecule has 1 aromatic heterocycles. The Balaban J connectivity index is 1.65. The molecule has 3 rings (SSSR count). The summed E-state index contributed by atoms with van der Waals surface area (Å²) in [4.78, 5) is 28.7. The zero-order chi connectivity index (χ0) is 20.3. The Morgan fingerprint density at radius 1 is 1.39 bits per heavy atom. The number of likely N-dealkylation sites (tertiary alicyclic amines) is 2. The summed E-state index contributed by atoms with van der Waals surface area (Å²) in [5.41, 5.74) is 2.06. The Labute approximate surface area is 165 Å². The highest BCUT2D eigenvalue weighted by Gasteiger charge is 2.42. The first kappa shape index (κ1) is 20.6. The van der Waals surface area contributed by atoms with E-state index in [0.717, 1.165) is 11.3 Å². The number of carbonyl (C=O) groups excluding carboxylic acids is 2. The second-order valence-electron chi connectivity index (χ2n) is 7.47. The van der Waals surface area contributed by atoms with Gasteiger partial charge in [-0.3, -0.25) is 9.48 Å². The summed E-state index contributed by atoms with van der Waals surface area (Å²) in [7, 11) is 3.52. The van der Waals surface area contributed by atoms with E-state index in [4.69, 9.17) is 9.47 Å². The highest BCUT2D eigenvalue weighted by atomic mass is 16.5. The predicted octanol–water partition coefficient (Wildman–Crippen LogP) is 0.695. The van der Waals surface area contributed by atoms with Crippen molar-refractivity contribution in [3.05, 3.63) is 17.5 Å². The van der Waals surface area contributed by atoms with Gasteiger partial charge in [-0.15, -0.1) is 0 Å². The van der Waals surface area contributed by atoms with E-state index >= 15 is 0 Å². The van der Waals surface area contributed by atoms with Crippen molar-refractivity contribution < 1.29 is 19.1 Å². The lowest BCUT2D eigenvalue weighted by Gasteiger charge is -2.38. The maximum atomic E-state index is 12.7. The second-order valence-corrected chi connectivity index (χ2v) is 7.47. The van der Waals surface area contributed by atoms with Crippen LogP contribution in [-0.2, 0) is 21.3 Å². The molecule has 0 radical (unpaired) electrons. The van der Waals surface area contributed by atoms with Gasteiger partial charge in [0.25, 0.3) is 0 Å². The quantitative estimate of drug-likeness (QED) is 0.702. The maximum Gasteiger partial charge on any atom is 0.317 e. The minimum absolute atomic E-state index is 0.000159. The minimum Gasteiger partial charge on any atom is -0.383 e. The molecule has 2 aliphatic rings. The minimum atomic E-state index is -0.107. The summed E-state index contributed by atoms with van der Waals surface area (Å²) in [5, 5.41) is 7.35. The van der Waals surface area contributed by atoms with Crippen molar-refractivity contribution >= 4 is 11.9 Å². The van der Waals surface area contributed by atoms with Crippen LogP contribution in [0.15, 0.2) is 6.20 Å². The third-order valence-corrected chi connectivity index (χ3v) is 5.72. The Morgan fingerprint density at radius 3 is 2.75 bits per heavy atom. The smallest absolute Gasteiger partial charge is 0.317 e. The number of amides is 3. The third-order valence-electron chi connectivity index (χ3n) is 5.72. The number of ether oxygens (including phenoxy) is 2. The maximum absolute atomic E-state index is 12.7. The van der Waals surface area contributed by atoms with E-state index in [2.05, 4.69) is 10.4 Å². The van der Waals surface area contributed by atoms with E-state index in [1.165, 1.54) is 0 Å². The first-order chi connectivity index (χ1) is 13.5. The molecule has 2 aliphatic heterocycles. The fraction of sp³-hybridized carbons (Fsp3) is 0.737. The van der Waals surface area contributed by atoms with Crippen molar-refractivity contribution in [2.24, 2.45) is 13.0 Å². The number of hydrogen-bond acceptors (Lipinski definition) is 5. The van der Waals surface area contributed by atoms with Crippen molar-refractivity contribution in [2.45, 2.75) is 32.4 Å². The predicted molar refractivity (Wildman–Crippen MR) is 103 cm³/mol. The van der Waals surface area contributed by atoms with Crippen molar-refractivity contribution in [1.82, 2.24) is 24.9 Å². The number of hydrogen-bond donors (Lipinski definition) is 1. The number of nitrogens with zero attached hydrogens (tertiary/aromatic N) is 4. The molecule has 156 valence electrons. The topological polar surface area (TPSA) is 88.9 Å². The SMILES string of the molecule is CCOC1CN(C(=O)NC[C@@H]2CC(=O)N(CCOC)[C@H]2c2cnn(C)c2C)C1. The molecular formula is C19H31N5O4. The third kappa shape index (κ3) is 4.15. The lowest BCUT2D eigenvalue weighted by molar-refractivity contribution is -0.129. The van der Waals surface area contributed by atoms with Gasteiger partial charge >= 0.3 is 6.03 Å². The van der Waals surface area contributed by atoms with E-state index in [1.807, 2.05) is 36.7 Å². The average molecular weight is 393 g/mol. The zero-order valence-corrected chi connectivity index (χ0v) is 17.2. The summed E-state index contributed by atoms with van der Waals surface area (Å²) in [6, 6.07) is -0.204. The van der Waals surface area contributed by atoms with Gasteiger partial charge in [0.1, 0.15) is 0 Å². The monoisotopic (exact) mass is 393 g/mol. The first-order valence-corrected chi connectivity index (χ1v) is 9.87. The van der Waals surface area contributed by atoms with Crippen LogP contribution in [0.5, 0.6) is 0 Å². The summed E-state index contributed by atoms with van der Waals surface area (Å²) in [6.45, 7) is 7.31. The number of aromatic nitrogens is 2. The van der Waals surface area contributed by atoms with Gasteiger partial charge in [0.15, 0.2) is 0 Å². The van der Waals surface area contributed by atoms with E-state index in [0.29, 0.717) is 45.8 Å². The van der Waals surface area contributed by atoms with Gasteiger partial charge in [0.05, 0.1) is 38.0 Å². The molecule has 0 bridgehead atoms. The average Bonchev–Trinajstić information content (AvgIpc) is 3.13. The molecule has 2 atom stereocenters. The van der Waals surface area contributed by atoms with Crippen LogP contribution in [-0.4, -0.2) is 84.1 Å². The molecule has 0 spiro atoms. The number of aryl methyl sites for hydroxylation is 1. The second kappa shape index (κ2) is 8.91. The summed E-state index contributed by atoms with van der Waals surface area (Å²) in [6.07, 6.45) is 2.37. The molecule has 1 N–H and O–H groups in total. The van der Waals surface area contributed by atoms with Crippen molar-refractivity contribution in [3.8, 4) is 0 Å². The van der Waals surface area contributed by atoms with Crippen LogP contribution in [0.1, 0.15) is 30.6 Å². The Kier molecular flexibility index (Phi) is 6.56. The lowest BCUT2D eigenvalue weighted by Crippen LogP contribution is -2.58. The Hall–Kier alpha value is -2.13. The highest BCUT2D eigenvalue weighted by Crippen LogP contribution is 2.38. The van der Waals surface area contributed by atoms with Gasteiger partial charge in [-0.05, 0) is 13.8 Å². The molecule has 0 aromatic carbocycles. The van der Waals surface area contributed by atoms with Crippen LogP contribution in [0.25, 0.3) is 0 Å². The largest absolute Gasteiger partial charge is 0.383 e. The number of methoxy groups -OCH3 is 1. The number of urea groups is 1. The molecule has 9 heteroatoms. The highest BCUT2D eigenvalue weighted by molar-refractivity contribution is 5.80. The molecule has 0 aliphatic carbocycles. The van der Waals surface area contributed by atoms with E-state index in [-0.39, 0.29) is 30.0 Å². The standard InChI is InChI=1S/C19H31N5O4/c1-5-28-15-11-23(12-15)19(26)20-9-14-8-17(25)24(6-7-27-4)18(14)16-10-21-22(3)13(16)2/h10,14-15,18H,5-9,11-12H2,1-4H3,(H,20,26)/t14-,18+/m0/s1. The molecular weight excluding hydrogens is 362 g/mol. The lowest BCUT2D eigenvalue weighted by atomic mass is 9.94. The van der Waals surface area contributed by atoms with Gasteiger partial charge < -0.3 is 24.6 Å². The fourth-order valence-corrected chi connectivity index (χ4v) is 4.00. The summed E-state index contributed by atoms with van der Waals surface area (Å²) in [5.74, 6) is 0.0880. The van der Waals surface area contributed by atoms with Gasteiger partial charge in [-0.25, -0.2) is 4.79 Å². The van der Waals surface area contributed by atoms with Crippen LogP contribution in [0.3, 0.4) is 0 Å². The van der Waals surface area contributed by atoms with Gasteiger partial charge in [-0.2, -0.15) is 5.10 Å². The van der Waals surface area contributed by atoms with Gasteiger partial charge in [0.2, 0.25) is 5.91 Å². The number of carbonyl (C=O) groups is 2. The summed E-state index contributed by atoms with van der Waals surface area (Å²) < 4.78 is 12.5. The zero-order valence-electron chi connectivity index (χ0n) is 17.2. The van der Waals surface area contributed by atoms with Crippen LogP contribution in [0.2, 0.25) is 0 Å². The molecule has 9 nitrogen and oxygen atoms in total. The molecule has 3 heterocycles. The van der Waals surface area contributed by atoms with Crippen LogP contribution in [0, 0.1) is 12.8 Å². The van der Waals surface area contributed by atoms with E-state index in [1.54, 1.807) is 12.0 Å². The Morgan fingerprint density at radius 2 is 2.14 bits per heavy atom.